The Kier molecular flexibility index (Phi) is 5.04. The van der Waals surface area contributed by atoms with E-state index < -0.39 is 0 Å². The molecule has 0 unspecified atom stereocenters. The number of hydrogen-bond donors (Lipinski definition) is 0. The highest BCUT2D eigenvalue weighted by Crippen LogP contribution is 2.36. The minimum atomic E-state index is -0.0481. The molecule has 0 aliphatic carbocycles. The Labute approximate surface area is 172 Å². The third kappa shape index (κ3) is 3.48. The Morgan fingerprint density at radius 1 is 1.11 bits per heavy atom. The lowest BCUT2D eigenvalue weighted by Crippen LogP contribution is -2.16. The van der Waals surface area contributed by atoms with Crippen molar-refractivity contribution in [3.05, 3.63) is 69.0 Å². The molecule has 5 nitrogen and oxygen atoms in total. The molecule has 0 radical (unpaired) electrons. The van der Waals surface area contributed by atoms with Gasteiger partial charge >= 0.3 is 0 Å². The number of ether oxygens (including phenoxy) is 2. The van der Waals surface area contributed by atoms with Crippen molar-refractivity contribution in [3.63, 3.8) is 0 Å². The average Bonchev–Trinajstić information content (AvgIpc) is 2.96. The van der Waals surface area contributed by atoms with E-state index in [4.69, 9.17) is 32.7 Å². The second-order valence-electron chi connectivity index (χ2n) is 6.63. The Morgan fingerprint density at radius 3 is 2.50 bits per heavy atom. The lowest BCUT2D eigenvalue weighted by Gasteiger charge is -2.19. The summed E-state index contributed by atoms with van der Waals surface area (Å²) in [5, 5.41) is 5.56. The number of aryl methyl sites for hydroxylation is 1. The Bertz CT molecular complexity index is 1080. The van der Waals surface area contributed by atoms with Gasteiger partial charge in [0, 0.05) is 23.1 Å². The topological polar surface area (TPSA) is 53.4 Å². The molecule has 4 rings (SSSR count). The van der Waals surface area contributed by atoms with Gasteiger partial charge in [0.2, 0.25) is 0 Å². The van der Waals surface area contributed by atoms with Crippen molar-refractivity contribution in [2.45, 2.75) is 20.3 Å². The molecule has 1 aromatic heterocycles. The van der Waals surface area contributed by atoms with E-state index in [2.05, 4.69) is 5.10 Å². The summed E-state index contributed by atoms with van der Waals surface area (Å²) < 4.78 is 12.9. The summed E-state index contributed by atoms with van der Waals surface area (Å²) in [6.07, 6.45) is 0.163. The zero-order valence-electron chi connectivity index (χ0n) is 15.5. The van der Waals surface area contributed by atoms with Crippen LogP contribution in [0, 0.1) is 13.8 Å². The monoisotopic (exact) mass is 416 g/mol. The van der Waals surface area contributed by atoms with Gasteiger partial charge in [-0.3, -0.25) is 4.79 Å². The molecule has 0 spiro atoms. The summed E-state index contributed by atoms with van der Waals surface area (Å²) >= 11 is 12.6. The minimum Gasteiger partial charge on any atom is -0.486 e. The van der Waals surface area contributed by atoms with Crippen molar-refractivity contribution < 1.29 is 14.3 Å². The van der Waals surface area contributed by atoms with Crippen LogP contribution in [0.1, 0.15) is 27.3 Å². The Morgan fingerprint density at radius 2 is 1.82 bits per heavy atom. The largest absolute Gasteiger partial charge is 0.486 e. The molecule has 0 bridgehead atoms. The number of hydrogen-bond acceptors (Lipinski definition) is 4. The van der Waals surface area contributed by atoms with Crippen LogP contribution in [0.25, 0.3) is 5.69 Å². The zero-order valence-corrected chi connectivity index (χ0v) is 17.0. The number of benzene rings is 2. The molecule has 0 atom stereocenters. The third-order valence-electron chi connectivity index (χ3n) is 4.68. The molecule has 2 aromatic carbocycles. The highest BCUT2D eigenvalue weighted by atomic mass is 35.5. The molecule has 1 aliphatic heterocycles. The number of halogens is 2. The van der Waals surface area contributed by atoms with E-state index in [1.165, 1.54) is 0 Å². The van der Waals surface area contributed by atoms with E-state index in [1.807, 2.05) is 32.0 Å². The van der Waals surface area contributed by atoms with Gasteiger partial charge in [-0.1, -0.05) is 35.3 Å². The molecule has 3 aromatic rings. The van der Waals surface area contributed by atoms with E-state index in [1.54, 1.807) is 22.9 Å². The van der Waals surface area contributed by atoms with E-state index in [-0.39, 0.29) is 12.2 Å². The predicted molar refractivity (Wildman–Crippen MR) is 109 cm³/mol. The first-order chi connectivity index (χ1) is 13.4. The summed E-state index contributed by atoms with van der Waals surface area (Å²) in [5.74, 6) is 1.17. The van der Waals surface area contributed by atoms with Crippen LogP contribution >= 0.6 is 23.2 Å². The van der Waals surface area contributed by atoms with Crippen LogP contribution in [-0.2, 0) is 6.42 Å². The lowest BCUT2D eigenvalue weighted by molar-refractivity contribution is 0.0992. The molecule has 7 heteroatoms. The maximum atomic E-state index is 12.9. The summed E-state index contributed by atoms with van der Waals surface area (Å²) in [7, 11) is 0. The molecule has 28 heavy (non-hydrogen) atoms. The summed E-state index contributed by atoms with van der Waals surface area (Å²) in [4.78, 5) is 12.9. The molecular formula is C21H18Cl2N2O3. The van der Waals surface area contributed by atoms with E-state index in [0.29, 0.717) is 45.9 Å². The molecule has 0 N–H and O–H groups in total. The molecule has 0 fully saturated rings. The van der Waals surface area contributed by atoms with Gasteiger partial charge < -0.3 is 9.47 Å². The molecule has 2 heterocycles. The quantitative estimate of drug-likeness (QED) is 0.561. The van der Waals surface area contributed by atoms with Crippen LogP contribution in [0.5, 0.6) is 11.5 Å². The number of ketones is 1. The third-order valence-corrected chi connectivity index (χ3v) is 5.58. The van der Waals surface area contributed by atoms with Gasteiger partial charge in [0.05, 0.1) is 22.1 Å². The standard InChI is InChI=1S/C21H18Cl2N2O3/c1-12-21(23)13(2)25(24-12)16-5-3-4-14(8-16)18(26)9-15-10-19-20(11-17(15)22)28-7-6-27-19/h3-5,8,10-11H,6-7,9H2,1-2H3. The first kappa shape index (κ1) is 18.8. The van der Waals surface area contributed by atoms with E-state index >= 15 is 0 Å². The number of nitrogens with zero attached hydrogens (tertiary/aromatic N) is 2. The van der Waals surface area contributed by atoms with Crippen molar-refractivity contribution in [2.75, 3.05) is 13.2 Å². The van der Waals surface area contributed by atoms with Crippen molar-refractivity contribution >= 4 is 29.0 Å². The molecule has 144 valence electrons. The van der Waals surface area contributed by atoms with Crippen molar-refractivity contribution in [2.24, 2.45) is 0 Å². The fourth-order valence-corrected chi connectivity index (χ4v) is 3.54. The predicted octanol–water partition coefficient (Wildman–Crippen LogP) is 4.99. The fourth-order valence-electron chi connectivity index (χ4n) is 3.20. The maximum absolute atomic E-state index is 12.9. The van der Waals surface area contributed by atoms with Crippen LogP contribution in [-0.4, -0.2) is 28.8 Å². The van der Waals surface area contributed by atoms with Gasteiger partial charge in [-0.25, -0.2) is 4.68 Å². The highest BCUT2D eigenvalue weighted by molar-refractivity contribution is 6.32. The molecule has 0 amide bonds. The lowest BCUT2D eigenvalue weighted by atomic mass is 10.0. The zero-order chi connectivity index (χ0) is 19.8. The van der Waals surface area contributed by atoms with Crippen molar-refractivity contribution in [1.29, 1.82) is 0 Å². The van der Waals surface area contributed by atoms with E-state index in [0.717, 1.165) is 17.1 Å². The minimum absolute atomic E-state index is 0.0481. The first-order valence-corrected chi connectivity index (χ1v) is 9.63. The van der Waals surface area contributed by atoms with Crippen LogP contribution in [0.4, 0.5) is 0 Å². The van der Waals surface area contributed by atoms with Gasteiger partial charge in [-0.2, -0.15) is 5.10 Å². The van der Waals surface area contributed by atoms with Crippen LogP contribution in [0.15, 0.2) is 36.4 Å². The first-order valence-electron chi connectivity index (χ1n) is 8.87. The fraction of sp³-hybridized carbons (Fsp3) is 0.238. The highest BCUT2D eigenvalue weighted by Gasteiger charge is 2.18. The van der Waals surface area contributed by atoms with Gasteiger partial charge in [0.15, 0.2) is 17.3 Å². The molecule has 0 saturated carbocycles. The second-order valence-corrected chi connectivity index (χ2v) is 7.42. The average molecular weight is 417 g/mol. The number of rotatable bonds is 4. The van der Waals surface area contributed by atoms with Crippen molar-refractivity contribution in [1.82, 2.24) is 9.78 Å². The summed E-state index contributed by atoms with van der Waals surface area (Å²) in [6, 6.07) is 10.8. The number of carbonyl (C=O) groups excluding carboxylic acids is 1. The normalized spacial score (nSPS) is 12.9. The summed E-state index contributed by atoms with van der Waals surface area (Å²) in [6.45, 7) is 4.72. The van der Waals surface area contributed by atoms with Gasteiger partial charge in [-0.05, 0) is 37.6 Å². The summed E-state index contributed by atoms with van der Waals surface area (Å²) in [5.41, 5.74) is 3.65. The Hall–Kier alpha value is -2.50. The SMILES string of the molecule is Cc1nn(-c2cccc(C(=O)Cc3cc4c(cc3Cl)OCCO4)c2)c(C)c1Cl. The van der Waals surface area contributed by atoms with Crippen LogP contribution in [0.3, 0.4) is 0 Å². The van der Waals surface area contributed by atoms with Crippen LogP contribution < -0.4 is 9.47 Å². The Balaban J connectivity index is 1.62. The number of carbonyl (C=O) groups is 1. The number of aromatic nitrogens is 2. The molecule has 1 aliphatic rings. The second kappa shape index (κ2) is 7.49. The molecule has 0 saturated heterocycles. The smallest absolute Gasteiger partial charge is 0.167 e. The van der Waals surface area contributed by atoms with Gasteiger partial charge in [0.1, 0.15) is 13.2 Å². The van der Waals surface area contributed by atoms with Gasteiger partial charge in [0.25, 0.3) is 0 Å². The van der Waals surface area contributed by atoms with Crippen LogP contribution in [0.2, 0.25) is 10.0 Å². The van der Waals surface area contributed by atoms with Crippen molar-refractivity contribution in [3.8, 4) is 17.2 Å². The number of fused-ring (bicyclic) bond motifs is 1. The number of Topliss-reactive ketones (excluding diaryl/α,β-unsaturated/α-hetero) is 1. The van der Waals surface area contributed by atoms with Gasteiger partial charge in [-0.15, -0.1) is 0 Å². The van der Waals surface area contributed by atoms with E-state index in [9.17, 15) is 4.79 Å². The maximum Gasteiger partial charge on any atom is 0.167 e. The molecular weight excluding hydrogens is 399 g/mol.